The molecule has 0 aliphatic heterocycles. The van der Waals surface area contributed by atoms with Crippen LogP contribution >= 0.6 is 0 Å². The molecule has 0 heterocycles. The molecular formula is C23H38O3. The van der Waals surface area contributed by atoms with E-state index in [9.17, 15) is 9.90 Å². The monoisotopic (exact) mass is 362 g/mol. The first kappa shape index (κ1) is 21.2. The third-order valence-electron chi connectivity index (χ3n) is 6.46. The van der Waals surface area contributed by atoms with E-state index in [1.807, 2.05) is 0 Å². The molecule has 3 rings (SSSR count). The van der Waals surface area contributed by atoms with E-state index in [-0.39, 0.29) is 12.5 Å². The largest absolute Gasteiger partial charge is 0.481 e. The average molecular weight is 363 g/mol. The lowest BCUT2D eigenvalue weighted by molar-refractivity contribution is -0.137. The number of aliphatic carboxylic acids is 1. The first-order chi connectivity index (χ1) is 12.6. The molecule has 0 radical (unpaired) electrons. The molecule has 0 saturated heterocycles. The molecule has 148 valence electrons. The zero-order chi connectivity index (χ0) is 18.8. The molecule has 26 heavy (non-hydrogen) atoms. The first-order valence-corrected chi connectivity index (χ1v) is 10.8. The fourth-order valence-corrected chi connectivity index (χ4v) is 4.97. The molecule has 3 aliphatic rings. The number of hydrogen-bond acceptors (Lipinski definition) is 2. The minimum atomic E-state index is -0.703. The molecule has 0 aromatic carbocycles. The Morgan fingerprint density at radius 3 is 2.50 bits per heavy atom. The highest BCUT2D eigenvalue weighted by atomic mass is 16.4. The average Bonchev–Trinajstić information content (AvgIpc) is 2.64. The van der Waals surface area contributed by atoms with Crippen LogP contribution in [-0.4, -0.2) is 22.3 Å². The van der Waals surface area contributed by atoms with Crippen LogP contribution in [0.4, 0.5) is 0 Å². The molecule has 0 unspecified atom stereocenters. The van der Waals surface area contributed by atoms with Gasteiger partial charge in [-0.2, -0.15) is 0 Å². The van der Waals surface area contributed by atoms with Crippen LogP contribution in [0.25, 0.3) is 0 Å². The van der Waals surface area contributed by atoms with Gasteiger partial charge >= 0.3 is 5.97 Å². The summed E-state index contributed by atoms with van der Waals surface area (Å²) in [5, 5.41) is 18.9. The first-order valence-electron chi connectivity index (χ1n) is 10.8. The molecule has 3 atom stereocenters. The second-order valence-electron chi connectivity index (χ2n) is 8.36. The summed E-state index contributed by atoms with van der Waals surface area (Å²) in [7, 11) is 0. The molecule has 0 aromatic heterocycles. The molecule has 3 fully saturated rings. The maximum Gasteiger partial charge on any atom is 0.303 e. The summed E-state index contributed by atoms with van der Waals surface area (Å²) in [4.78, 5) is 10.6. The number of unbranched alkanes of at least 4 members (excludes halogenated alkanes) is 3. The second-order valence-corrected chi connectivity index (χ2v) is 8.36. The van der Waals surface area contributed by atoms with E-state index in [2.05, 4.69) is 31.2 Å². The number of carboxylic acid groups (broad SMARTS) is 1. The Morgan fingerprint density at radius 2 is 1.81 bits per heavy atom. The van der Waals surface area contributed by atoms with Gasteiger partial charge in [-0.15, -0.1) is 0 Å². The van der Waals surface area contributed by atoms with Gasteiger partial charge in [0.1, 0.15) is 0 Å². The van der Waals surface area contributed by atoms with Gasteiger partial charge in [-0.1, -0.05) is 50.5 Å². The van der Waals surface area contributed by atoms with Crippen LogP contribution in [0.5, 0.6) is 0 Å². The van der Waals surface area contributed by atoms with Gasteiger partial charge in [0.2, 0.25) is 0 Å². The Kier molecular flexibility index (Phi) is 9.45. The predicted octanol–water partition coefficient (Wildman–Crippen LogP) is 5.74. The topological polar surface area (TPSA) is 57.5 Å². The summed E-state index contributed by atoms with van der Waals surface area (Å²) in [6, 6.07) is 0. The number of rotatable bonds is 12. The lowest BCUT2D eigenvalue weighted by Gasteiger charge is -2.47. The van der Waals surface area contributed by atoms with Crippen molar-refractivity contribution in [2.24, 2.45) is 23.7 Å². The number of fused-ring (bicyclic) bond motifs is 3. The predicted molar refractivity (Wildman–Crippen MR) is 107 cm³/mol. The second kappa shape index (κ2) is 11.6. The maximum absolute atomic E-state index is 10.6. The van der Waals surface area contributed by atoms with E-state index < -0.39 is 5.97 Å². The van der Waals surface area contributed by atoms with Gasteiger partial charge in [-0.25, -0.2) is 0 Å². The number of hydrogen-bond donors (Lipinski definition) is 2. The number of allylic oxidation sites excluding steroid dienone is 3. The molecular weight excluding hydrogens is 324 g/mol. The summed E-state index contributed by atoms with van der Waals surface area (Å²) in [6.07, 6.45) is 21.4. The van der Waals surface area contributed by atoms with E-state index >= 15 is 0 Å². The van der Waals surface area contributed by atoms with Gasteiger partial charge in [0.25, 0.3) is 0 Å². The van der Waals surface area contributed by atoms with Crippen molar-refractivity contribution in [1.82, 2.24) is 0 Å². The number of aliphatic hydroxyl groups excluding tert-OH is 1. The van der Waals surface area contributed by atoms with Crippen molar-refractivity contribution in [2.45, 2.75) is 90.1 Å². The summed E-state index contributed by atoms with van der Waals surface area (Å²) < 4.78 is 0. The number of aliphatic hydroxyl groups is 1. The van der Waals surface area contributed by atoms with Gasteiger partial charge < -0.3 is 10.2 Å². The summed E-state index contributed by atoms with van der Waals surface area (Å²) in [6.45, 7) is 2.20. The van der Waals surface area contributed by atoms with Crippen molar-refractivity contribution >= 4 is 5.97 Å². The van der Waals surface area contributed by atoms with Crippen molar-refractivity contribution < 1.29 is 15.0 Å². The molecule has 3 nitrogen and oxygen atoms in total. The van der Waals surface area contributed by atoms with E-state index in [4.69, 9.17) is 5.11 Å². The van der Waals surface area contributed by atoms with Crippen LogP contribution < -0.4 is 0 Å². The number of carboxylic acids is 1. The minimum absolute atomic E-state index is 0.264. The van der Waals surface area contributed by atoms with Crippen molar-refractivity contribution in [3.8, 4) is 0 Å². The van der Waals surface area contributed by atoms with Gasteiger partial charge in [0.05, 0.1) is 6.10 Å². The molecule has 0 amide bonds. The van der Waals surface area contributed by atoms with Crippen LogP contribution in [-0.2, 0) is 4.79 Å². The van der Waals surface area contributed by atoms with Crippen molar-refractivity contribution in [1.29, 1.82) is 0 Å². The standard InChI is InChI=1S/C23H38O3/c1-2-3-6-9-20(24)16-17-22-19-14-12-18(13-15-19)21(22)10-7-4-5-8-11-23(25)26/h4,7,16-22,24H,2-3,5-6,8-15H2,1H3,(H,25,26)/b7-4-,17-16+/t18?,19?,20-,21+,22+/m1/s1. The van der Waals surface area contributed by atoms with E-state index in [0.29, 0.717) is 11.8 Å². The van der Waals surface area contributed by atoms with E-state index in [1.165, 1.54) is 38.5 Å². The molecule has 3 heteroatoms. The van der Waals surface area contributed by atoms with Crippen LogP contribution in [0.2, 0.25) is 0 Å². The SMILES string of the molecule is CCCCC[C@@H](O)/C=C/[C@H]1C2CCC(CC2)[C@@H]1C/C=C\CCCC(=O)O. The highest BCUT2D eigenvalue weighted by Gasteiger charge is 2.41. The van der Waals surface area contributed by atoms with E-state index in [1.54, 1.807) is 0 Å². The molecule has 2 bridgehead atoms. The van der Waals surface area contributed by atoms with Gasteiger partial charge in [-0.3, -0.25) is 4.79 Å². The zero-order valence-electron chi connectivity index (χ0n) is 16.5. The fraction of sp³-hybridized carbons (Fsp3) is 0.783. The Morgan fingerprint density at radius 1 is 1.08 bits per heavy atom. The highest BCUT2D eigenvalue weighted by molar-refractivity contribution is 5.66. The quantitative estimate of drug-likeness (QED) is 0.344. The molecule has 0 spiro atoms. The molecule has 2 N–H and O–H groups in total. The Bertz CT molecular complexity index is 460. The lowest BCUT2D eigenvalue weighted by atomic mass is 9.57. The third kappa shape index (κ3) is 6.90. The van der Waals surface area contributed by atoms with Crippen molar-refractivity contribution in [3.05, 3.63) is 24.3 Å². The van der Waals surface area contributed by atoms with Crippen LogP contribution in [0, 0.1) is 23.7 Å². The smallest absolute Gasteiger partial charge is 0.303 e. The maximum atomic E-state index is 10.6. The van der Waals surface area contributed by atoms with Gasteiger partial charge in [0.15, 0.2) is 0 Å². The third-order valence-corrected chi connectivity index (χ3v) is 6.46. The minimum Gasteiger partial charge on any atom is -0.481 e. The Hall–Kier alpha value is -1.09. The molecule has 3 aliphatic carbocycles. The summed E-state index contributed by atoms with van der Waals surface area (Å²) in [5.74, 6) is 2.25. The van der Waals surface area contributed by atoms with Crippen LogP contribution in [0.3, 0.4) is 0 Å². The fourth-order valence-electron chi connectivity index (χ4n) is 4.97. The molecule has 3 saturated carbocycles. The van der Waals surface area contributed by atoms with Crippen LogP contribution in [0.15, 0.2) is 24.3 Å². The molecule has 0 aromatic rings. The van der Waals surface area contributed by atoms with Crippen LogP contribution in [0.1, 0.15) is 84.0 Å². The summed E-state index contributed by atoms with van der Waals surface area (Å²) in [5.41, 5.74) is 0. The summed E-state index contributed by atoms with van der Waals surface area (Å²) >= 11 is 0. The lowest BCUT2D eigenvalue weighted by Crippen LogP contribution is -2.39. The normalized spacial score (nSPS) is 29.6. The van der Waals surface area contributed by atoms with Gasteiger partial charge in [-0.05, 0) is 75.0 Å². The van der Waals surface area contributed by atoms with E-state index in [0.717, 1.165) is 43.9 Å². The Balaban J connectivity index is 1.84. The Labute approximate surface area is 159 Å². The van der Waals surface area contributed by atoms with Gasteiger partial charge in [0, 0.05) is 6.42 Å². The number of carbonyl (C=O) groups is 1. The van der Waals surface area contributed by atoms with Crippen molar-refractivity contribution in [3.63, 3.8) is 0 Å². The van der Waals surface area contributed by atoms with Crippen molar-refractivity contribution in [2.75, 3.05) is 0 Å². The zero-order valence-corrected chi connectivity index (χ0v) is 16.5. The highest BCUT2D eigenvalue weighted by Crippen LogP contribution is 2.50.